The van der Waals surface area contributed by atoms with Crippen LogP contribution in [0.4, 0.5) is 0 Å². The van der Waals surface area contributed by atoms with Crippen molar-refractivity contribution >= 4 is 22.6 Å². The van der Waals surface area contributed by atoms with Crippen molar-refractivity contribution in [2.24, 2.45) is 0 Å². The van der Waals surface area contributed by atoms with Crippen LogP contribution in [0.5, 0.6) is 11.5 Å². The first-order valence-electron chi connectivity index (χ1n) is 7.06. The zero-order valence-electron chi connectivity index (χ0n) is 11.7. The highest BCUT2D eigenvalue weighted by molar-refractivity contribution is 14.1. The summed E-state index contributed by atoms with van der Waals surface area (Å²) in [6.07, 6.45) is 0. The van der Waals surface area contributed by atoms with E-state index in [2.05, 4.69) is 22.6 Å². The fourth-order valence-corrected chi connectivity index (χ4v) is 3.16. The molecule has 1 aliphatic heterocycles. The highest BCUT2D eigenvalue weighted by Crippen LogP contribution is 2.47. The van der Waals surface area contributed by atoms with Crippen molar-refractivity contribution in [2.45, 2.75) is 5.79 Å². The Labute approximate surface area is 142 Å². The van der Waals surface area contributed by atoms with Crippen molar-refractivity contribution in [2.75, 3.05) is 0 Å². The molecule has 0 bridgehead atoms. The molecule has 0 saturated heterocycles. The van der Waals surface area contributed by atoms with Crippen molar-refractivity contribution in [3.05, 3.63) is 93.6 Å². The molecule has 0 amide bonds. The number of ether oxygens (including phenoxy) is 2. The van der Waals surface area contributed by atoms with Gasteiger partial charge in [0.05, 0.1) is 0 Å². The van der Waals surface area contributed by atoms with E-state index >= 15 is 0 Å². The van der Waals surface area contributed by atoms with Gasteiger partial charge >= 0.3 is 5.79 Å². The highest BCUT2D eigenvalue weighted by atomic mass is 127. The van der Waals surface area contributed by atoms with Gasteiger partial charge in [0, 0.05) is 14.7 Å². The molecule has 0 N–H and O–H groups in total. The summed E-state index contributed by atoms with van der Waals surface area (Å²) >= 11 is 2.28. The first kappa shape index (κ1) is 13.6. The molecular formula is C19H13IO2. The van der Waals surface area contributed by atoms with Gasteiger partial charge in [-0.25, -0.2) is 0 Å². The molecule has 0 fully saturated rings. The largest absolute Gasteiger partial charge is 0.440 e. The minimum Gasteiger partial charge on any atom is -0.440 e. The van der Waals surface area contributed by atoms with Crippen molar-refractivity contribution in [1.82, 2.24) is 0 Å². The van der Waals surface area contributed by atoms with Crippen LogP contribution in [0.2, 0.25) is 0 Å². The molecule has 3 aromatic carbocycles. The number of hydrogen-bond donors (Lipinski definition) is 0. The molecule has 0 saturated carbocycles. The van der Waals surface area contributed by atoms with E-state index in [0.29, 0.717) is 0 Å². The summed E-state index contributed by atoms with van der Waals surface area (Å²) in [5, 5.41) is 0. The molecule has 3 heteroatoms. The van der Waals surface area contributed by atoms with Crippen molar-refractivity contribution in [3.63, 3.8) is 0 Å². The van der Waals surface area contributed by atoms with Crippen LogP contribution in [0.1, 0.15) is 11.1 Å². The van der Waals surface area contributed by atoms with Gasteiger partial charge in [0.15, 0.2) is 11.5 Å². The minimum atomic E-state index is -0.921. The fourth-order valence-electron chi connectivity index (χ4n) is 2.69. The molecule has 0 spiro atoms. The van der Waals surface area contributed by atoms with Crippen molar-refractivity contribution in [3.8, 4) is 11.5 Å². The van der Waals surface area contributed by atoms with Crippen LogP contribution in [0, 0.1) is 3.57 Å². The van der Waals surface area contributed by atoms with Gasteiger partial charge in [-0.15, -0.1) is 0 Å². The van der Waals surface area contributed by atoms with E-state index in [4.69, 9.17) is 9.47 Å². The predicted octanol–water partition coefficient (Wildman–Crippen LogP) is 4.96. The van der Waals surface area contributed by atoms with Gasteiger partial charge in [-0.2, -0.15) is 0 Å². The van der Waals surface area contributed by atoms with Crippen molar-refractivity contribution in [1.29, 1.82) is 0 Å². The molecule has 1 aliphatic rings. The molecule has 0 atom stereocenters. The molecule has 108 valence electrons. The van der Waals surface area contributed by atoms with Crippen LogP contribution < -0.4 is 9.47 Å². The summed E-state index contributed by atoms with van der Waals surface area (Å²) in [5.41, 5.74) is 1.96. The van der Waals surface area contributed by atoms with Crippen LogP contribution in [0.25, 0.3) is 0 Å². The molecule has 3 aromatic rings. The summed E-state index contributed by atoms with van der Waals surface area (Å²) in [4.78, 5) is 0. The normalized spacial score (nSPS) is 14.8. The number of halogens is 1. The maximum absolute atomic E-state index is 6.32. The Bertz CT molecular complexity index is 761. The van der Waals surface area contributed by atoms with Gasteiger partial charge < -0.3 is 9.47 Å². The van der Waals surface area contributed by atoms with Crippen LogP contribution in [0.3, 0.4) is 0 Å². The van der Waals surface area contributed by atoms with E-state index in [9.17, 15) is 0 Å². The number of rotatable bonds is 2. The zero-order valence-corrected chi connectivity index (χ0v) is 13.9. The quantitative estimate of drug-likeness (QED) is 0.566. The van der Waals surface area contributed by atoms with Gasteiger partial charge in [-0.3, -0.25) is 0 Å². The summed E-state index contributed by atoms with van der Waals surface area (Å²) in [7, 11) is 0. The standard InChI is InChI=1S/C19H13IO2/c20-16-11-12-17-18(13-16)22-19(21-17,14-7-3-1-4-8-14)15-9-5-2-6-10-15/h1-13H. The summed E-state index contributed by atoms with van der Waals surface area (Å²) in [6.45, 7) is 0. The average Bonchev–Trinajstić information content (AvgIpc) is 2.96. The Hall–Kier alpha value is -2.01. The molecule has 0 radical (unpaired) electrons. The maximum atomic E-state index is 6.32. The third kappa shape index (κ3) is 2.16. The number of fused-ring (bicyclic) bond motifs is 1. The predicted molar refractivity (Wildman–Crippen MR) is 94.1 cm³/mol. The van der Waals surface area contributed by atoms with Gasteiger partial charge in [0.1, 0.15) is 0 Å². The lowest BCUT2D eigenvalue weighted by atomic mass is 9.97. The molecule has 0 unspecified atom stereocenters. The SMILES string of the molecule is Ic1ccc2c(c1)OC(c1ccccc1)(c1ccccc1)O2. The monoisotopic (exact) mass is 400 g/mol. The maximum Gasteiger partial charge on any atom is 0.305 e. The highest BCUT2D eigenvalue weighted by Gasteiger charge is 2.45. The van der Waals surface area contributed by atoms with Gasteiger partial charge in [0.25, 0.3) is 0 Å². The van der Waals surface area contributed by atoms with E-state index in [0.717, 1.165) is 26.2 Å². The van der Waals surface area contributed by atoms with Gasteiger partial charge in [0.2, 0.25) is 0 Å². The second-order valence-electron chi connectivity index (χ2n) is 5.14. The Kier molecular flexibility index (Phi) is 3.30. The minimum absolute atomic E-state index is 0.771. The lowest BCUT2D eigenvalue weighted by Crippen LogP contribution is -2.36. The molecule has 2 nitrogen and oxygen atoms in total. The Balaban J connectivity index is 1.90. The number of hydrogen-bond acceptors (Lipinski definition) is 2. The Morgan fingerprint density at radius 2 is 1.18 bits per heavy atom. The van der Waals surface area contributed by atoms with Crippen LogP contribution in [-0.4, -0.2) is 0 Å². The number of benzene rings is 3. The van der Waals surface area contributed by atoms with Gasteiger partial charge in [-0.1, -0.05) is 60.7 Å². The summed E-state index contributed by atoms with van der Waals surface area (Å²) in [6, 6.07) is 26.1. The Morgan fingerprint density at radius 3 is 1.77 bits per heavy atom. The molecular weight excluding hydrogens is 387 g/mol. The topological polar surface area (TPSA) is 18.5 Å². The Morgan fingerprint density at radius 1 is 0.636 bits per heavy atom. The molecule has 22 heavy (non-hydrogen) atoms. The second-order valence-corrected chi connectivity index (χ2v) is 6.39. The lowest BCUT2D eigenvalue weighted by Gasteiger charge is -2.28. The first-order valence-corrected chi connectivity index (χ1v) is 8.14. The summed E-state index contributed by atoms with van der Waals surface area (Å²) < 4.78 is 13.7. The van der Waals surface area contributed by atoms with E-state index in [1.54, 1.807) is 0 Å². The first-order chi connectivity index (χ1) is 10.8. The smallest absolute Gasteiger partial charge is 0.305 e. The van der Waals surface area contributed by atoms with E-state index < -0.39 is 5.79 Å². The van der Waals surface area contributed by atoms with E-state index in [1.165, 1.54) is 0 Å². The average molecular weight is 400 g/mol. The lowest BCUT2D eigenvalue weighted by molar-refractivity contribution is -0.0459. The van der Waals surface area contributed by atoms with Crippen LogP contribution >= 0.6 is 22.6 Å². The molecule has 4 rings (SSSR count). The van der Waals surface area contributed by atoms with E-state index in [1.807, 2.05) is 78.9 Å². The van der Waals surface area contributed by atoms with Crippen LogP contribution in [0.15, 0.2) is 78.9 Å². The molecule has 0 aliphatic carbocycles. The fraction of sp³-hybridized carbons (Fsp3) is 0.0526. The van der Waals surface area contributed by atoms with E-state index in [-0.39, 0.29) is 0 Å². The zero-order chi connectivity index (χ0) is 15.0. The van der Waals surface area contributed by atoms with Crippen molar-refractivity contribution < 1.29 is 9.47 Å². The van der Waals surface area contributed by atoms with Crippen LogP contribution in [-0.2, 0) is 5.79 Å². The van der Waals surface area contributed by atoms with Gasteiger partial charge in [-0.05, 0) is 40.8 Å². The molecule has 1 heterocycles. The third-order valence-electron chi connectivity index (χ3n) is 3.72. The molecule has 0 aromatic heterocycles. The third-order valence-corrected chi connectivity index (χ3v) is 4.39. The summed E-state index contributed by atoms with van der Waals surface area (Å²) in [5.74, 6) is 0.627. The second kappa shape index (κ2) is 5.32.